The fraction of sp³-hybridized carbons (Fsp3) is 1.00. The van der Waals surface area contributed by atoms with Gasteiger partial charge in [0.1, 0.15) is 0 Å². The van der Waals surface area contributed by atoms with Crippen LogP contribution in [0.4, 0.5) is 0 Å². The van der Waals surface area contributed by atoms with Gasteiger partial charge in [-0.25, -0.2) is 13.1 Å². The van der Waals surface area contributed by atoms with E-state index in [4.69, 9.17) is 5.73 Å². The Morgan fingerprint density at radius 3 is 1.86 bits per heavy atom. The van der Waals surface area contributed by atoms with Crippen LogP contribution in [0.25, 0.3) is 0 Å². The van der Waals surface area contributed by atoms with E-state index in [0.29, 0.717) is 0 Å². The summed E-state index contributed by atoms with van der Waals surface area (Å²) in [6.07, 6.45) is 2.43. The minimum atomic E-state index is -3.20. The molecule has 4 nitrogen and oxygen atoms in total. The Balaban J connectivity index is 4.59. The molecule has 0 bridgehead atoms. The third kappa shape index (κ3) is 3.94. The fourth-order valence-corrected chi connectivity index (χ4v) is 3.01. The lowest BCUT2D eigenvalue weighted by Gasteiger charge is -2.31. The summed E-state index contributed by atoms with van der Waals surface area (Å²) in [5.41, 5.74) is 4.95. The molecule has 0 saturated carbocycles. The minimum Gasteiger partial charge on any atom is -0.329 e. The largest absolute Gasteiger partial charge is 0.329 e. The maximum atomic E-state index is 11.5. The second kappa shape index (κ2) is 5.68. The molecule has 0 aliphatic rings. The highest BCUT2D eigenvalue weighted by molar-refractivity contribution is 7.89. The van der Waals surface area contributed by atoms with Crippen molar-refractivity contribution in [2.75, 3.05) is 12.3 Å². The molecule has 0 aliphatic heterocycles. The zero-order chi connectivity index (χ0) is 11.2. The normalized spacial score (nSPS) is 13.1. The first-order valence-corrected chi connectivity index (χ1v) is 6.82. The topological polar surface area (TPSA) is 72.2 Å². The zero-order valence-electron chi connectivity index (χ0n) is 9.34. The van der Waals surface area contributed by atoms with Crippen LogP contribution in [0.3, 0.4) is 0 Å². The van der Waals surface area contributed by atoms with Crippen LogP contribution in [0.1, 0.15) is 40.0 Å². The van der Waals surface area contributed by atoms with Crippen molar-refractivity contribution >= 4 is 10.0 Å². The second-order valence-corrected chi connectivity index (χ2v) is 5.39. The molecule has 0 aliphatic carbocycles. The zero-order valence-corrected chi connectivity index (χ0v) is 10.2. The minimum absolute atomic E-state index is 0.00868. The van der Waals surface area contributed by atoms with Crippen molar-refractivity contribution in [3.63, 3.8) is 0 Å². The van der Waals surface area contributed by atoms with Crippen molar-refractivity contribution in [1.82, 2.24) is 4.72 Å². The van der Waals surface area contributed by atoms with Crippen LogP contribution in [0.15, 0.2) is 0 Å². The predicted molar refractivity (Wildman–Crippen MR) is 59.6 cm³/mol. The van der Waals surface area contributed by atoms with Gasteiger partial charge in [0.15, 0.2) is 0 Å². The highest BCUT2D eigenvalue weighted by Crippen LogP contribution is 2.20. The van der Waals surface area contributed by atoms with Crippen LogP contribution in [0.2, 0.25) is 0 Å². The number of sulfonamides is 1. The quantitative estimate of drug-likeness (QED) is 0.670. The molecular formula is C9H22N2O2S. The highest BCUT2D eigenvalue weighted by atomic mass is 32.2. The first kappa shape index (κ1) is 13.9. The van der Waals surface area contributed by atoms with E-state index in [-0.39, 0.29) is 17.8 Å². The van der Waals surface area contributed by atoms with Crippen molar-refractivity contribution in [2.24, 2.45) is 5.73 Å². The van der Waals surface area contributed by atoms with Crippen molar-refractivity contribution in [2.45, 2.75) is 45.6 Å². The molecule has 0 saturated heterocycles. The average Bonchev–Trinajstić information content (AvgIpc) is 2.14. The van der Waals surface area contributed by atoms with Gasteiger partial charge in [-0.1, -0.05) is 20.8 Å². The molecule has 86 valence electrons. The molecule has 0 fully saturated rings. The van der Waals surface area contributed by atoms with Crippen molar-refractivity contribution in [3.05, 3.63) is 0 Å². The van der Waals surface area contributed by atoms with E-state index in [0.717, 1.165) is 19.3 Å². The molecule has 5 heteroatoms. The fourth-order valence-electron chi connectivity index (χ4n) is 1.50. The number of nitrogens with two attached hydrogens (primary N) is 1. The molecule has 14 heavy (non-hydrogen) atoms. The number of rotatable bonds is 7. The first-order chi connectivity index (χ1) is 6.45. The molecular weight excluding hydrogens is 200 g/mol. The predicted octanol–water partition coefficient (Wildman–Crippen LogP) is 0.833. The standard InChI is InChI=1S/C9H22N2O2S/c1-4-9(5-2,6-3)11-14(12,13)8-7-10/h11H,4-8,10H2,1-3H3. The van der Waals surface area contributed by atoms with Crippen molar-refractivity contribution in [1.29, 1.82) is 0 Å². The van der Waals surface area contributed by atoms with Gasteiger partial charge in [-0.2, -0.15) is 0 Å². The highest BCUT2D eigenvalue weighted by Gasteiger charge is 2.28. The Morgan fingerprint density at radius 2 is 1.57 bits per heavy atom. The Kier molecular flexibility index (Phi) is 5.63. The molecule has 0 aromatic carbocycles. The average molecular weight is 222 g/mol. The third-order valence-electron chi connectivity index (χ3n) is 2.79. The van der Waals surface area contributed by atoms with Gasteiger partial charge in [0, 0.05) is 12.1 Å². The molecule has 0 aromatic rings. The van der Waals surface area contributed by atoms with Gasteiger partial charge >= 0.3 is 0 Å². The van der Waals surface area contributed by atoms with Crippen LogP contribution in [0.5, 0.6) is 0 Å². The number of hydrogen-bond acceptors (Lipinski definition) is 3. The van der Waals surface area contributed by atoms with E-state index in [1.165, 1.54) is 0 Å². The molecule has 0 unspecified atom stereocenters. The van der Waals surface area contributed by atoms with Gasteiger partial charge in [-0.05, 0) is 19.3 Å². The monoisotopic (exact) mass is 222 g/mol. The summed E-state index contributed by atoms with van der Waals surface area (Å²) < 4.78 is 25.8. The van der Waals surface area contributed by atoms with Gasteiger partial charge in [0.05, 0.1) is 5.75 Å². The van der Waals surface area contributed by atoms with Gasteiger partial charge in [-0.15, -0.1) is 0 Å². The summed E-state index contributed by atoms with van der Waals surface area (Å²) in [5, 5.41) is 0. The molecule has 0 rings (SSSR count). The van der Waals surface area contributed by atoms with E-state index >= 15 is 0 Å². The van der Waals surface area contributed by atoms with Crippen molar-refractivity contribution in [3.8, 4) is 0 Å². The first-order valence-electron chi connectivity index (χ1n) is 5.17. The Morgan fingerprint density at radius 1 is 1.14 bits per heavy atom. The molecule has 3 N–H and O–H groups in total. The third-order valence-corrected chi connectivity index (χ3v) is 4.31. The van der Waals surface area contributed by atoms with E-state index in [1.54, 1.807) is 0 Å². The van der Waals surface area contributed by atoms with Gasteiger partial charge in [0.25, 0.3) is 0 Å². The Bertz CT molecular complexity index is 237. The van der Waals surface area contributed by atoms with Gasteiger partial charge in [0.2, 0.25) is 10.0 Å². The van der Waals surface area contributed by atoms with Gasteiger partial charge in [-0.3, -0.25) is 0 Å². The van der Waals surface area contributed by atoms with Crippen LogP contribution in [0, 0.1) is 0 Å². The smallest absolute Gasteiger partial charge is 0.213 e. The summed E-state index contributed by atoms with van der Waals surface area (Å²) in [5.74, 6) is 0.00868. The molecule has 0 heterocycles. The Hall–Kier alpha value is -0.130. The maximum absolute atomic E-state index is 11.5. The second-order valence-electron chi connectivity index (χ2n) is 3.55. The number of hydrogen-bond donors (Lipinski definition) is 2. The molecule has 0 radical (unpaired) electrons. The maximum Gasteiger partial charge on any atom is 0.213 e. The lowest BCUT2D eigenvalue weighted by Crippen LogP contribution is -2.48. The van der Waals surface area contributed by atoms with E-state index in [9.17, 15) is 8.42 Å². The van der Waals surface area contributed by atoms with Gasteiger partial charge < -0.3 is 5.73 Å². The lowest BCUT2D eigenvalue weighted by molar-refractivity contribution is 0.342. The summed E-state index contributed by atoms with van der Waals surface area (Å²) in [7, 11) is -3.20. The summed E-state index contributed by atoms with van der Waals surface area (Å²) >= 11 is 0. The van der Waals surface area contributed by atoms with E-state index < -0.39 is 10.0 Å². The molecule has 0 aromatic heterocycles. The van der Waals surface area contributed by atoms with Crippen LogP contribution < -0.4 is 10.5 Å². The molecule has 0 amide bonds. The molecule has 0 atom stereocenters. The van der Waals surface area contributed by atoms with Crippen LogP contribution in [-0.2, 0) is 10.0 Å². The summed E-state index contributed by atoms with van der Waals surface area (Å²) in [6, 6.07) is 0. The summed E-state index contributed by atoms with van der Waals surface area (Å²) in [6.45, 7) is 6.16. The SMILES string of the molecule is CCC(CC)(CC)NS(=O)(=O)CCN. The molecule has 0 spiro atoms. The van der Waals surface area contributed by atoms with E-state index in [1.807, 2.05) is 20.8 Å². The lowest BCUT2D eigenvalue weighted by atomic mass is 9.91. The van der Waals surface area contributed by atoms with E-state index in [2.05, 4.69) is 4.72 Å². The summed E-state index contributed by atoms with van der Waals surface area (Å²) in [4.78, 5) is 0. The van der Waals surface area contributed by atoms with Crippen molar-refractivity contribution < 1.29 is 8.42 Å². The van der Waals surface area contributed by atoms with Crippen LogP contribution >= 0.6 is 0 Å². The Labute approximate surface area is 87.3 Å². The van der Waals surface area contributed by atoms with Crippen LogP contribution in [-0.4, -0.2) is 26.3 Å². The number of nitrogens with one attached hydrogen (secondary N) is 1.